The molecule has 1 aromatic heterocycles. The van der Waals surface area contributed by atoms with Crippen LogP contribution in [0, 0.1) is 0 Å². The molecule has 3 N–H and O–H groups in total. The first-order valence-electron chi connectivity index (χ1n) is 10.3. The number of fused-ring (bicyclic) bond motifs is 2. The average molecular weight is 408 g/mol. The summed E-state index contributed by atoms with van der Waals surface area (Å²) in [6.45, 7) is 3.32. The molecule has 1 saturated heterocycles. The topological polar surface area (TPSA) is 108 Å². The van der Waals surface area contributed by atoms with Gasteiger partial charge in [-0.1, -0.05) is 18.2 Å². The van der Waals surface area contributed by atoms with Gasteiger partial charge in [-0.15, -0.1) is 0 Å². The third kappa shape index (κ3) is 3.40. The fourth-order valence-electron chi connectivity index (χ4n) is 4.55. The Labute approximate surface area is 173 Å². The number of piperidine rings is 1. The largest absolute Gasteiger partial charge is 0.322 e. The second kappa shape index (κ2) is 7.66. The Morgan fingerprint density at radius 2 is 2.10 bits per heavy atom. The summed E-state index contributed by atoms with van der Waals surface area (Å²) in [5.41, 5.74) is 3.70. The van der Waals surface area contributed by atoms with Crippen LogP contribution in [0.3, 0.4) is 0 Å². The Hall–Kier alpha value is -3.04. The van der Waals surface area contributed by atoms with E-state index in [1.165, 1.54) is 0 Å². The number of benzene rings is 1. The van der Waals surface area contributed by atoms with Crippen molar-refractivity contribution < 1.29 is 14.4 Å². The molecule has 2 unspecified atom stereocenters. The van der Waals surface area contributed by atoms with Crippen molar-refractivity contribution in [2.75, 3.05) is 6.54 Å². The van der Waals surface area contributed by atoms with Gasteiger partial charge < -0.3 is 15.5 Å². The Morgan fingerprint density at radius 3 is 2.97 bits per heavy atom. The molecule has 30 heavy (non-hydrogen) atoms. The van der Waals surface area contributed by atoms with E-state index in [1.54, 1.807) is 4.90 Å². The molecule has 2 atom stereocenters. The highest BCUT2D eigenvalue weighted by molar-refractivity contribution is 6.05. The van der Waals surface area contributed by atoms with Gasteiger partial charge in [0, 0.05) is 50.4 Å². The summed E-state index contributed by atoms with van der Waals surface area (Å²) in [5.74, 6) is -0.792. The Morgan fingerprint density at radius 1 is 1.20 bits per heavy atom. The van der Waals surface area contributed by atoms with Gasteiger partial charge in [0.15, 0.2) is 0 Å². The molecular weight excluding hydrogens is 384 g/mol. The van der Waals surface area contributed by atoms with Gasteiger partial charge in [-0.2, -0.15) is 5.10 Å². The van der Waals surface area contributed by atoms with Crippen molar-refractivity contribution in [2.24, 2.45) is 0 Å². The van der Waals surface area contributed by atoms with Crippen molar-refractivity contribution in [3.05, 3.63) is 52.8 Å². The highest BCUT2D eigenvalue weighted by atomic mass is 16.2. The van der Waals surface area contributed by atoms with Crippen LogP contribution in [0.5, 0.6) is 0 Å². The Balaban J connectivity index is 1.30. The second-order valence-electron chi connectivity index (χ2n) is 8.06. The van der Waals surface area contributed by atoms with Gasteiger partial charge in [0.2, 0.25) is 11.8 Å². The Kier molecular flexibility index (Phi) is 4.84. The summed E-state index contributed by atoms with van der Waals surface area (Å²) in [6.07, 6.45) is 2.44. The molecule has 9 heteroatoms. The molecule has 4 heterocycles. The number of hydrogen-bond donors (Lipinski definition) is 3. The summed E-state index contributed by atoms with van der Waals surface area (Å²) in [6, 6.07) is 7.46. The molecule has 3 aliphatic rings. The lowest BCUT2D eigenvalue weighted by molar-refractivity contribution is -0.136. The van der Waals surface area contributed by atoms with Gasteiger partial charge in [0.25, 0.3) is 5.91 Å². The highest BCUT2D eigenvalue weighted by Crippen LogP contribution is 2.29. The molecule has 0 radical (unpaired) electrons. The van der Waals surface area contributed by atoms with Gasteiger partial charge in [0.05, 0.1) is 12.2 Å². The number of nitrogens with one attached hydrogen (secondary N) is 3. The first-order chi connectivity index (χ1) is 14.6. The number of carbonyl (C=O) groups is 3. The molecule has 1 fully saturated rings. The van der Waals surface area contributed by atoms with E-state index < -0.39 is 6.04 Å². The van der Waals surface area contributed by atoms with Gasteiger partial charge in [-0.25, -0.2) is 0 Å². The molecule has 3 amide bonds. The van der Waals surface area contributed by atoms with Crippen molar-refractivity contribution >= 4 is 17.7 Å². The monoisotopic (exact) mass is 408 g/mol. The van der Waals surface area contributed by atoms with E-state index in [4.69, 9.17) is 0 Å². The van der Waals surface area contributed by atoms with Crippen LogP contribution in [-0.4, -0.2) is 51.0 Å². The number of hydrogen-bond acceptors (Lipinski definition) is 6. The van der Waals surface area contributed by atoms with E-state index in [0.717, 1.165) is 36.5 Å². The van der Waals surface area contributed by atoms with E-state index in [9.17, 15) is 14.4 Å². The van der Waals surface area contributed by atoms with Crippen molar-refractivity contribution in [2.45, 2.75) is 51.1 Å². The number of amides is 3. The molecule has 156 valence electrons. The molecule has 0 saturated carbocycles. The van der Waals surface area contributed by atoms with E-state index in [-0.39, 0.29) is 30.2 Å². The molecule has 2 aromatic rings. The van der Waals surface area contributed by atoms with Crippen LogP contribution < -0.4 is 16.0 Å². The van der Waals surface area contributed by atoms with Crippen molar-refractivity contribution in [3.8, 4) is 0 Å². The van der Waals surface area contributed by atoms with Gasteiger partial charge in [-0.3, -0.25) is 24.4 Å². The molecule has 5 rings (SSSR count). The van der Waals surface area contributed by atoms with Crippen molar-refractivity contribution in [3.63, 3.8) is 0 Å². The lowest BCUT2D eigenvalue weighted by atomic mass is 10.0. The van der Waals surface area contributed by atoms with Crippen LogP contribution in [-0.2, 0) is 35.8 Å². The van der Waals surface area contributed by atoms with Crippen molar-refractivity contribution in [1.29, 1.82) is 0 Å². The lowest BCUT2D eigenvalue weighted by Crippen LogP contribution is -2.52. The first kappa shape index (κ1) is 19.0. The molecule has 1 aromatic carbocycles. The summed E-state index contributed by atoms with van der Waals surface area (Å²) in [7, 11) is 0. The number of imide groups is 1. The van der Waals surface area contributed by atoms with Crippen LogP contribution in [0.2, 0.25) is 0 Å². The van der Waals surface area contributed by atoms with Crippen LogP contribution in [0.25, 0.3) is 0 Å². The fourth-order valence-corrected chi connectivity index (χ4v) is 4.55. The minimum atomic E-state index is -0.590. The average Bonchev–Trinajstić information content (AvgIpc) is 3.25. The third-order valence-corrected chi connectivity index (χ3v) is 6.11. The normalized spacial score (nSPS) is 23.7. The smallest absolute Gasteiger partial charge is 0.255 e. The zero-order valence-electron chi connectivity index (χ0n) is 16.6. The summed E-state index contributed by atoms with van der Waals surface area (Å²) >= 11 is 0. The number of rotatable bonds is 4. The molecule has 9 nitrogen and oxygen atoms in total. The standard InChI is InChI=1S/C21H24N6O3/c28-18-5-4-17(20(29)25-18)26-11-14-3-1-2-13(19(14)21(26)30)8-23-15-9-22-10-16-6-7-24-27(16)12-15/h1-3,6-7,15,17,22-23H,4-5,8-12H2,(H,25,28,29). The van der Waals surface area contributed by atoms with E-state index in [1.807, 2.05) is 35.1 Å². The summed E-state index contributed by atoms with van der Waals surface area (Å²) in [5, 5.41) is 13.7. The first-order valence-corrected chi connectivity index (χ1v) is 10.3. The number of aromatic nitrogens is 2. The van der Waals surface area contributed by atoms with E-state index >= 15 is 0 Å². The van der Waals surface area contributed by atoms with Crippen molar-refractivity contribution in [1.82, 2.24) is 30.6 Å². The van der Waals surface area contributed by atoms with Crippen LogP contribution in [0.15, 0.2) is 30.5 Å². The van der Waals surface area contributed by atoms with Crippen LogP contribution in [0.1, 0.15) is 40.0 Å². The predicted molar refractivity (Wildman–Crippen MR) is 107 cm³/mol. The minimum absolute atomic E-state index is 0.134. The number of nitrogens with zero attached hydrogens (tertiary/aromatic N) is 3. The maximum absolute atomic E-state index is 13.2. The quantitative estimate of drug-likeness (QED) is 0.610. The fraction of sp³-hybridized carbons (Fsp3) is 0.429. The maximum atomic E-state index is 13.2. The van der Waals surface area contributed by atoms with Gasteiger partial charge >= 0.3 is 0 Å². The minimum Gasteiger partial charge on any atom is -0.322 e. The van der Waals surface area contributed by atoms with Gasteiger partial charge in [0.1, 0.15) is 6.04 Å². The summed E-state index contributed by atoms with van der Waals surface area (Å²) in [4.78, 5) is 38.5. The Bertz CT molecular complexity index is 1020. The molecule has 0 bridgehead atoms. The van der Waals surface area contributed by atoms with Crippen LogP contribution >= 0.6 is 0 Å². The predicted octanol–water partition coefficient (Wildman–Crippen LogP) is -0.0943. The lowest BCUT2D eigenvalue weighted by Gasteiger charge is -2.29. The zero-order chi connectivity index (χ0) is 20.7. The third-order valence-electron chi connectivity index (χ3n) is 6.11. The van der Waals surface area contributed by atoms with E-state index in [2.05, 4.69) is 21.0 Å². The SMILES string of the molecule is O=C1CCC(N2Cc3cccc(CNC4CNCc5ccnn5C4)c3C2=O)C(=O)N1. The molecular formula is C21H24N6O3. The molecule has 0 spiro atoms. The van der Waals surface area contributed by atoms with Gasteiger partial charge in [-0.05, 0) is 23.6 Å². The maximum Gasteiger partial charge on any atom is 0.255 e. The zero-order valence-corrected chi connectivity index (χ0v) is 16.6. The molecule has 3 aliphatic heterocycles. The van der Waals surface area contributed by atoms with Crippen LogP contribution in [0.4, 0.5) is 0 Å². The number of carbonyl (C=O) groups excluding carboxylic acids is 3. The highest BCUT2D eigenvalue weighted by Gasteiger charge is 2.39. The second-order valence-corrected chi connectivity index (χ2v) is 8.06. The van der Waals surface area contributed by atoms with E-state index in [0.29, 0.717) is 25.1 Å². The summed E-state index contributed by atoms with van der Waals surface area (Å²) < 4.78 is 2.00. The molecule has 0 aliphatic carbocycles.